The Kier molecular flexibility index (Phi) is 5.08. The number of halogens is 4. The number of nitro benzene ring substituents is 2. The number of amidine groups is 1. The molecule has 13 heteroatoms. The first-order valence-electron chi connectivity index (χ1n) is 5.94. The zero-order chi connectivity index (χ0) is 18.9. The Labute approximate surface area is 131 Å². The van der Waals surface area contributed by atoms with Crippen LogP contribution in [0.25, 0.3) is 0 Å². The summed E-state index contributed by atoms with van der Waals surface area (Å²) in [7, 11) is 0.341. The van der Waals surface area contributed by atoms with Gasteiger partial charge in [-0.25, -0.2) is 4.99 Å². The smallest absolute Gasteiger partial charge is 0.382 e. The van der Waals surface area contributed by atoms with E-state index >= 15 is 0 Å². The van der Waals surface area contributed by atoms with Crippen molar-refractivity contribution in [3.05, 3.63) is 37.9 Å². The van der Waals surface area contributed by atoms with Crippen LogP contribution in [0.2, 0.25) is 0 Å². The normalized spacial score (nSPS) is 15.0. The van der Waals surface area contributed by atoms with Gasteiger partial charge in [-0.05, 0) is 12.5 Å². The second-order valence-electron chi connectivity index (χ2n) is 4.46. The van der Waals surface area contributed by atoms with E-state index in [-0.39, 0.29) is 5.56 Å². The molecule has 0 bridgehead atoms. The lowest BCUT2D eigenvalue weighted by Crippen LogP contribution is -2.53. The molecule has 0 aliphatic rings. The molecule has 9 nitrogen and oxygen atoms in total. The molecular weight excluding hydrogens is 344 g/mol. The lowest BCUT2D eigenvalue weighted by Gasteiger charge is -2.25. The quantitative estimate of drug-likeness (QED) is 0.284. The molecule has 1 rings (SSSR count). The van der Waals surface area contributed by atoms with Gasteiger partial charge in [-0.15, -0.1) is 0 Å². The SMILES string of the molecule is COC(F)(C(N)=Nc1c([N+](=O)[O-])cc(C)cc1[N+](=O)[O-])C(F)(F)F. The number of rotatable bonds is 5. The molecule has 0 spiro atoms. The Balaban J connectivity index is 3.73. The maximum Gasteiger partial charge on any atom is 0.456 e. The second-order valence-corrected chi connectivity index (χ2v) is 4.46. The van der Waals surface area contributed by atoms with Gasteiger partial charge in [-0.3, -0.25) is 20.2 Å². The summed E-state index contributed by atoms with van der Waals surface area (Å²) in [5, 5.41) is 21.9. The third kappa shape index (κ3) is 3.40. The molecule has 0 saturated carbocycles. The van der Waals surface area contributed by atoms with Crippen LogP contribution in [0, 0.1) is 27.2 Å². The highest BCUT2D eigenvalue weighted by Gasteiger charge is 2.61. The third-order valence-corrected chi connectivity index (χ3v) is 2.82. The Morgan fingerprint density at radius 3 is 1.88 bits per heavy atom. The minimum absolute atomic E-state index is 0.0694. The molecule has 0 amide bonds. The van der Waals surface area contributed by atoms with Crippen molar-refractivity contribution >= 4 is 22.9 Å². The molecule has 24 heavy (non-hydrogen) atoms. The van der Waals surface area contributed by atoms with Crippen molar-refractivity contribution in [1.29, 1.82) is 0 Å². The largest absolute Gasteiger partial charge is 0.456 e. The lowest BCUT2D eigenvalue weighted by atomic mass is 10.1. The molecule has 0 aliphatic heterocycles. The van der Waals surface area contributed by atoms with E-state index in [1.165, 1.54) is 6.92 Å². The van der Waals surface area contributed by atoms with E-state index in [0.717, 1.165) is 12.1 Å². The minimum Gasteiger partial charge on any atom is -0.382 e. The van der Waals surface area contributed by atoms with Crippen molar-refractivity contribution in [2.45, 2.75) is 19.0 Å². The fraction of sp³-hybridized carbons (Fsp3) is 0.364. The zero-order valence-corrected chi connectivity index (χ0v) is 12.1. The minimum atomic E-state index is -5.66. The number of benzene rings is 1. The highest BCUT2D eigenvalue weighted by molar-refractivity contribution is 5.93. The van der Waals surface area contributed by atoms with Crippen molar-refractivity contribution in [1.82, 2.24) is 0 Å². The van der Waals surface area contributed by atoms with Gasteiger partial charge in [0.25, 0.3) is 0 Å². The Hall–Kier alpha value is -2.83. The first kappa shape index (κ1) is 19.2. The maximum absolute atomic E-state index is 13.9. The lowest BCUT2D eigenvalue weighted by molar-refractivity contribution is -0.392. The second kappa shape index (κ2) is 6.35. The number of nitrogens with two attached hydrogens (primary N) is 1. The van der Waals surface area contributed by atoms with Crippen LogP contribution in [0.3, 0.4) is 0 Å². The van der Waals surface area contributed by atoms with Crippen molar-refractivity contribution in [2.24, 2.45) is 10.7 Å². The molecular formula is C11H10F4N4O5. The average molecular weight is 354 g/mol. The van der Waals surface area contributed by atoms with E-state index in [9.17, 15) is 37.8 Å². The van der Waals surface area contributed by atoms with Crippen LogP contribution < -0.4 is 5.73 Å². The summed E-state index contributed by atoms with van der Waals surface area (Å²) in [6.45, 7) is 1.28. The molecule has 132 valence electrons. The number of nitro groups is 2. The van der Waals surface area contributed by atoms with Crippen LogP contribution in [0.15, 0.2) is 17.1 Å². The Morgan fingerprint density at radius 1 is 1.17 bits per heavy atom. The molecule has 0 saturated heterocycles. The van der Waals surface area contributed by atoms with Crippen molar-refractivity contribution in [3.63, 3.8) is 0 Å². The summed E-state index contributed by atoms with van der Waals surface area (Å²) in [4.78, 5) is 22.6. The molecule has 0 aliphatic carbocycles. The molecule has 1 unspecified atom stereocenters. The van der Waals surface area contributed by atoms with Gasteiger partial charge < -0.3 is 10.5 Å². The van der Waals surface area contributed by atoms with Gasteiger partial charge in [0.2, 0.25) is 5.69 Å². The molecule has 2 N–H and O–H groups in total. The molecule has 1 aromatic rings. The predicted octanol–water partition coefficient (Wildman–Crippen LogP) is 2.67. The number of nitrogens with zero attached hydrogens (tertiary/aromatic N) is 3. The van der Waals surface area contributed by atoms with Gasteiger partial charge in [-0.1, -0.05) is 0 Å². The van der Waals surface area contributed by atoms with Crippen LogP contribution in [0.5, 0.6) is 0 Å². The van der Waals surface area contributed by atoms with Gasteiger partial charge >= 0.3 is 23.4 Å². The number of ether oxygens (including phenoxy) is 1. The van der Waals surface area contributed by atoms with Crippen LogP contribution in [0.4, 0.5) is 34.6 Å². The summed E-state index contributed by atoms with van der Waals surface area (Å²) in [6.07, 6.45) is -5.66. The maximum atomic E-state index is 13.9. The van der Waals surface area contributed by atoms with Crippen LogP contribution in [-0.2, 0) is 4.74 Å². The first-order valence-corrected chi connectivity index (χ1v) is 5.94. The van der Waals surface area contributed by atoms with Crippen LogP contribution >= 0.6 is 0 Å². The number of aryl methyl sites for hydroxylation is 1. The molecule has 1 aromatic carbocycles. The van der Waals surface area contributed by atoms with Crippen molar-refractivity contribution in [2.75, 3.05) is 7.11 Å². The molecule has 0 heterocycles. The van der Waals surface area contributed by atoms with Crippen LogP contribution in [-0.4, -0.2) is 34.8 Å². The third-order valence-electron chi connectivity index (χ3n) is 2.82. The monoisotopic (exact) mass is 354 g/mol. The van der Waals surface area contributed by atoms with E-state index in [2.05, 4.69) is 9.73 Å². The van der Waals surface area contributed by atoms with Crippen LogP contribution in [0.1, 0.15) is 5.56 Å². The number of aliphatic imine (C=N–C) groups is 1. The molecule has 0 radical (unpaired) electrons. The summed E-state index contributed by atoms with van der Waals surface area (Å²) in [5.74, 6) is -6.44. The number of hydrogen-bond donors (Lipinski definition) is 1. The van der Waals surface area contributed by atoms with E-state index < -0.39 is 44.8 Å². The fourth-order valence-electron chi connectivity index (χ4n) is 1.69. The molecule has 1 atom stereocenters. The predicted molar refractivity (Wildman–Crippen MR) is 72.7 cm³/mol. The van der Waals surface area contributed by atoms with Gasteiger partial charge in [0.05, 0.1) is 9.85 Å². The van der Waals surface area contributed by atoms with E-state index in [1.54, 1.807) is 0 Å². The highest BCUT2D eigenvalue weighted by atomic mass is 19.4. The number of methoxy groups -OCH3 is 1. The van der Waals surface area contributed by atoms with Gasteiger partial charge in [-0.2, -0.15) is 17.6 Å². The summed E-state index contributed by atoms with van der Waals surface area (Å²) >= 11 is 0. The van der Waals surface area contributed by atoms with Gasteiger partial charge in [0.15, 0.2) is 5.84 Å². The average Bonchev–Trinajstić information content (AvgIpc) is 2.45. The van der Waals surface area contributed by atoms with Crippen molar-refractivity contribution < 1.29 is 32.1 Å². The Morgan fingerprint density at radius 2 is 1.58 bits per heavy atom. The fourth-order valence-corrected chi connectivity index (χ4v) is 1.69. The summed E-state index contributed by atoms with van der Waals surface area (Å²) in [6, 6.07) is 1.64. The van der Waals surface area contributed by atoms with E-state index in [0.29, 0.717) is 7.11 Å². The topological polar surface area (TPSA) is 134 Å². The van der Waals surface area contributed by atoms with Gasteiger partial charge in [0.1, 0.15) is 0 Å². The summed E-state index contributed by atoms with van der Waals surface area (Å²) in [5.41, 5.74) is 1.86. The number of alkyl halides is 4. The Bertz CT molecular complexity index is 686. The molecule has 0 fully saturated rings. The molecule has 0 aromatic heterocycles. The summed E-state index contributed by atoms with van der Waals surface area (Å²) < 4.78 is 55.7. The zero-order valence-electron chi connectivity index (χ0n) is 12.1. The highest BCUT2D eigenvalue weighted by Crippen LogP contribution is 2.41. The first-order chi connectivity index (χ1) is 10.8. The number of hydrogen-bond acceptors (Lipinski definition) is 6. The standard InChI is InChI=1S/C11H10F4N4O5/c1-5-3-6(18(20)21)8(7(4-5)19(22)23)17-9(16)10(12,24-2)11(13,14)15/h3-4H,1-2H3,(H2,16,17). The van der Waals surface area contributed by atoms with Crippen molar-refractivity contribution in [3.8, 4) is 0 Å². The van der Waals surface area contributed by atoms with Gasteiger partial charge in [0, 0.05) is 19.2 Å². The van der Waals surface area contributed by atoms with E-state index in [1.807, 2.05) is 0 Å². The van der Waals surface area contributed by atoms with E-state index in [4.69, 9.17) is 5.73 Å².